The Labute approximate surface area is 209 Å². The molecule has 0 saturated carbocycles. The molecule has 37 heavy (non-hydrogen) atoms. The zero-order valence-corrected chi connectivity index (χ0v) is 19.7. The fourth-order valence-electron chi connectivity index (χ4n) is 4.54. The van der Waals surface area contributed by atoms with E-state index >= 15 is 0 Å². The lowest BCUT2D eigenvalue weighted by Crippen LogP contribution is -2.38. The van der Waals surface area contributed by atoms with Crippen LogP contribution in [0.2, 0.25) is 0 Å². The minimum atomic E-state index is -4.61. The summed E-state index contributed by atoms with van der Waals surface area (Å²) < 4.78 is 49.1. The molecule has 6 heterocycles. The van der Waals surface area contributed by atoms with E-state index < -0.39 is 17.6 Å². The number of imidazole rings is 1. The second-order valence-electron chi connectivity index (χ2n) is 8.89. The van der Waals surface area contributed by atoms with Crippen LogP contribution in [0, 0.1) is 0 Å². The van der Waals surface area contributed by atoms with Gasteiger partial charge in [0.1, 0.15) is 11.5 Å². The molecule has 0 spiro atoms. The van der Waals surface area contributed by atoms with Crippen molar-refractivity contribution >= 4 is 22.5 Å². The molecule has 1 saturated heterocycles. The van der Waals surface area contributed by atoms with E-state index in [0.29, 0.717) is 17.0 Å². The van der Waals surface area contributed by atoms with Crippen LogP contribution in [0.25, 0.3) is 39.2 Å². The quantitative estimate of drug-likeness (QED) is 0.386. The molecule has 1 fully saturated rings. The van der Waals surface area contributed by atoms with E-state index in [-0.39, 0.29) is 5.56 Å². The molecule has 5 aromatic heterocycles. The predicted molar refractivity (Wildman–Crippen MR) is 132 cm³/mol. The highest BCUT2D eigenvalue weighted by atomic mass is 19.4. The number of nitrogens with two attached hydrogens (primary N) is 1. The molecule has 6 rings (SSSR count). The highest BCUT2D eigenvalue weighted by Crippen LogP contribution is 2.35. The summed E-state index contributed by atoms with van der Waals surface area (Å²) in [5, 5.41) is 5.53. The summed E-state index contributed by atoms with van der Waals surface area (Å²) in [5.41, 5.74) is 7.87. The van der Waals surface area contributed by atoms with Crippen LogP contribution in [-0.2, 0) is 17.5 Å². The molecule has 0 aliphatic carbocycles. The monoisotopic (exact) mass is 508 g/mol. The first kappa shape index (κ1) is 23.4. The molecular formula is C25H23F3N8O. The average Bonchev–Trinajstić information content (AvgIpc) is 3.51. The summed E-state index contributed by atoms with van der Waals surface area (Å²) in [5.74, 6) is -0.572. The van der Waals surface area contributed by atoms with Crippen LogP contribution in [0.3, 0.4) is 0 Å². The van der Waals surface area contributed by atoms with Crippen LogP contribution in [0.1, 0.15) is 5.56 Å². The van der Waals surface area contributed by atoms with Gasteiger partial charge in [-0.2, -0.15) is 18.3 Å². The number of pyridine rings is 2. The first-order valence-corrected chi connectivity index (χ1v) is 11.8. The molecule has 1 aliphatic rings. The van der Waals surface area contributed by atoms with E-state index in [2.05, 4.69) is 24.5 Å². The van der Waals surface area contributed by atoms with Gasteiger partial charge in [-0.05, 0) is 30.3 Å². The lowest BCUT2D eigenvalue weighted by molar-refractivity contribution is -0.137. The van der Waals surface area contributed by atoms with Crippen LogP contribution in [-0.4, -0.2) is 66.9 Å². The molecule has 0 bridgehead atoms. The number of hydrogen-bond acceptors (Lipinski definition) is 7. The van der Waals surface area contributed by atoms with Gasteiger partial charge in [-0.15, -0.1) is 0 Å². The minimum absolute atomic E-state index is 0.203. The summed E-state index contributed by atoms with van der Waals surface area (Å²) in [4.78, 5) is 15.2. The number of anilines is 1. The van der Waals surface area contributed by atoms with Gasteiger partial charge < -0.3 is 15.0 Å². The molecule has 9 nitrogen and oxygen atoms in total. The van der Waals surface area contributed by atoms with E-state index in [1.54, 1.807) is 29.0 Å². The van der Waals surface area contributed by atoms with Crippen molar-refractivity contribution in [1.29, 1.82) is 0 Å². The number of ether oxygens (including phenoxy) is 1. The Kier molecular flexibility index (Phi) is 5.76. The third-order valence-corrected chi connectivity index (χ3v) is 6.54. The Bertz CT molecular complexity index is 1590. The molecule has 1 aliphatic heterocycles. The topological polar surface area (TPSA) is 99.4 Å². The SMILES string of the molecule is Nc1ncc(-c2ccc3ncc(-c4cnc5c(ccn5CCN5CCOCC5)c4)n3n2)cc1C(F)(F)F. The summed E-state index contributed by atoms with van der Waals surface area (Å²) in [6.07, 6.45) is 2.13. The molecule has 12 heteroatoms. The van der Waals surface area contributed by atoms with E-state index in [0.717, 1.165) is 62.1 Å². The fraction of sp³-hybridized carbons (Fsp3) is 0.280. The zero-order valence-electron chi connectivity index (χ0n) is 19.7. The van der Waals surface area contributed by atoms with Crippen LogP contribution in [0.15, 0.2) is 55.1 Å². The highest BCUT2D eigenvalue weighted by Gasteiger charge is 2.34. The summed E-state index contributed by atoms with van der Waals surface area (Å²) in [7, 11) is 0. The van der Waals surface area contributed by atoms with Gasteiger partial charge in [0.15, 0.2) is 5.65 Å². The number of aromatic nitrogens is 6. The van der Waals surface area contributed by atoms with Crippen LogP contribution in [0.5, 0.6) is 0 Å². The second-order valence-corrected chi connectivity index (χ2v) is 8.89. The molecule has 0 radical (unpaired) electrons. The fourth-order valence-corrected chi connectivity index (χ4v) is 4.54. The average molecular weight is 509 g/mol. The number of nitrogens with zero attached hydrogens (tertiary/aromatic N) is 7. The van der Waals surface area contributed by atoms with Gasteiger partial charge in [0.25, 0.3) is 0 Å². The molecule has 2 N–H and O–H groups in total. The first-order chi connectivity index (χ1) is 17.9. The number of fused-ring (bicyclic) bond motifs is 2. The van der Waals surface area contributed by atoms with Gasteiger partial charge in [-0.3, -0.25) is 4.90 Å². The predicted octanol–water partition coefficient (Wildman–Crippen LogP) is 3.74. The third-order valence-electron chi connectivity index (χ3n) is 6.54. The zero-order chi connectivity index (χ0) is 25.6. The Morgan fingerprint density at radius 3 is 2.54 bits per heavy atom. The van der Waals surface area contributed by atoms with Crippen molar-refractivity contribution in [2.75, 3.05) is 38.6 Å². The minimum Gasteiger partial charge on any atom is -0.383 e. The van der Waals surface area contributed by atoms with Crippen LogP contribution in [0.4, 0.5) is 19.0 Å². The maximum absolute atomic E-state index is 13.3. The van der Waals surface area contributed by atoms with Crippen LogP contribution < -0.4 is 5.73 Å². The second kappa shape index (κ2) is 9.12. The number of hydrogen-bond donors (Lipinski definition) is 1. The summed E-state index contributed by atoms with van der Waals surface area (Å²) >= 11 is 0. The van der Waals surface area contributed by atoms with Crippen molar-refractivity contribution in [3.05, 3.63) is 60.7 Å². The number of nitrogen functional groups attached to an aromatic ring is 1. The van der Waals surface area contributed by atoms with Crippen molar-refractivity contribution in [2.45, 2.75) is 12.7 Å². The van der Waals surface area contributed by atoms with Crippen molar-refractivity contribution in [3.8, 4) is 22.5 Å². The van der Waals surface area contributed by atoms with E-state index in [1.165, 1.54) is 6.20 Å². The summed E-state index contributed by atoms with van der Waals surface area (Å²) in [6.45, 7) is 5.15. The van der Waals surface area contributed by atoms with Gasteiger partial charge >= 0.3 is 6.18 Å². The molecular weight excluding hydrogens is 485 g/mol. The van der Waals surface area contributed by atoms with E-state index in [1.807, 2.05) is 18.3 Å². The molecule has 190 valence electrons. The maximum Gasteiger partial charge on any atom is 0.419 e. The highest BCUT2D eigenvalue weighted by molar-refractivity contribution is 5.81. The Balaban J connectivity index is 1.31. The lowest BCUT2D eigenvalue weighted by atomic mass is 10.1. The number of alkyl halides is 3. The molecule has 5 aromatic rings. The molecule has 0 atom stereocenters. The maximum atomic E-state index is 13.3. The number of rotatable bonds is 5. The lowest BCUT2D eigenvalue weighted by Gasteiger charge is -2.26. The Morgan fingerprint density at radius 2 is 1.73 bits per heavy atom. The van der Waals surface area contributed by atoms with Crippen molar-refractivity contribution < 1.29 is 17.9 Å². The largest absolute Gasteiger partial charge is 0.419 e. The van der Waals surface area contributed by atoms with Gasteiger partial charge in [-0.1, -0.05) is 0 Å². The van der Waals surface area contributed by atoms with Gasteiger partial charge in [0, 0.05) is 61.3 Å². The summed E-state index contributed by atoms with van der Waals surface area (Å²) in [6, 6.07) is 8.29. The number of halogens is 3. The van der Waals surface area contributed by atoms with Gasteiger partial charge in [0.05, 0.1) is 36.4 Å². The molecule has 0 aromatic carbocycles. The van der Waals surface area contributed by atoms with Gasteiger partial charge in [-0.25, -0.2) is 19.5 Å². The van der Waals surface area contributed by atoms with E-state index in [9.17, 15) is 13.2 Å². The Hall–Kier alpha value is -4.03. The van der Waals surface area contributed by atoms with Gasteiger partial charge in [0.2, 0.25) is 0 Å². The standard InChI is InChI=1S/C25H23F3N8O/c26-25(27,28)19-12-17(13-31-23(19)29)20-1-2-22-30-15-21(36(22)33-20)18-11-16-3-4-35(24(16)32-14-18)6-5-34-7-9-37-10-8-34/h1-4,11-15H,5-10H2,(H2,29,31). The van der Waals surface area contributed by atoms with Crippen molar-refractivity contribution in [1.82, 2.24) is 34.0 Å². The van der Waals surface area contributed by atoms with Crippen molar-refractivity contribution in [2.24, 2.45) is 0 Å². The third kappa shape index (κ3) is 4.49. The number of morpholine rings is 1. The molecule has 0 amide bonds. The van der Waals surface area contributed by atoms with Crippen LogP contribution >= 0.6 is 0 Å². The smallest absolute Gasteiger partial charge is 0.383 e. The first-order valence-electron chi connectivity index (χ1n) is 11.8. The van der Waals surface area contributed by atoms with Crippen molar-refractivity contribution in [3.63, 3.8) is 0 Å². The normalized spacial score (nSPS) is 15.1. The molecule has 0 unspecified atom stereocenters. The Morgan fingerprint density at radius 1 is 0.919 bits per heavy atom. The van der Waals surface area contributed by atoms with E-state index in [4.69, 9.17) is 15.5 Å².